The van der Waals surface area contributed by atoms with Gasteiger partial charge in [-0.1, -0.05) is 11.6 Å². The predicted octanol–water partition coefficient (Wildman–Crippen LogP) is 2.39. The molecule has 0 amide bonds. The first kappa shape index (κ1) is 14.2. The molecule has 0 aliphatic carbocycles. The number of aryl methyl sites for hydroxylation is 1. The Balaban J connectivity index is 1.55. The zero-order chi connectivity index (χ0) is 14.9. The first-order valence-electron chi connectivity index (χ1n) is 8.46. The highest BCUT2D eigenvalue weighted by atomic mass is 16.5. The summed E-state index contributed by atoms with van der Waals surface area (Å²) >= 11 is 0. The van der Waals surface area contributed by atoms with Crippen LogP contribution in [-0.2, 0) is 11.2 Å². The molecule has 2 aliphatic rings. The van der Waals surface area contributed by atoms with Crippen LogP contribution in [0.5, 0.6) is 0 Å². The van der Waals surface area contributed by atoms with Gasteiger partial charge in [0.05, 0.1) is 13.2 Å². The highest BCUT2D eigenvalue weighted by Gasteiger charge is 2.24. The van der Waals surface area contributed by atoms with Gasteiger partial charge >= 0.3 is 0 Å². The molecule has 4 nitrogen and oxygen atoms in total. The van der Waals surface area contributed by atoms with Crippen LogP contribution in [0.15, 0.2) is 18.2 Å². The molecule has 22 heavy (non-hydrogen) atoms. The molecule has 0 bridgehead atoms. The number of morpholine rings is 1. The van der Waals surface area contributed by atoms with E-state index in [9.17, 15) is 0 Å². The van der Waals surface area contributed by atoms with Crippen LogP contribution in [0.3, 0.4) is 0 Å². The lowest BCUT2D eigenvalue weighted by molar-refractivity contribution is 0.0360. The quantitative estimate of drug-likeness (QED) is 0.914. The summed E-state index contributed by atoms with van der Waals surface area (Å²) in [5, 5.41) is 5.13. The summed E-state index contributed by atoms with van der Waals surface area (Å²) < 4.78 is 5.44. The van der Waals surface area contributed by atoms with Gasteiger partial charge in [0.15, 0.2) is 0 Å². The summed E-state index contributed by atoms with van der Waals surface area (Å²) in [4.78, 5) is 6.20. The molecule has 0 saturated carbocycles. The van der Waals surface area contributed by atoms with E-state index in [2.05, 4.69) is 40.3 Å². The maximum Gasteiger partial charge on any atom is 0.0594 e. The van der Waals surface area contributed by atoms with Crippen LogP contribution in [0.25, 0.3) is 10.9 Å². The molecule has 2 N–H and O–H groups in total. The Labute approximate surface area is 131 Å². The van der Waals surface area contributed by atoms with E-state index in [1.54, 1.807) is 0 Å². The first-order chi connectivity index (χ1) is 10.8. The van der Waals surface area contributed by atoms with Crippen molar-refractivity contribution >= 4 is 10.9 Å². The van der Waals surface area contributed by atoms with Gasteiger partial charge in [-0.3, -0.25) is 4.90 Å². The molecule has 2 aromatic rings. The number of nitrogens with zero attached hydrogens (tertiary/aromatic N) is 1. The maximum atomic E-state index is 5.44. The summed E-state index contributed by atoms with van der Waals surface area (Å²) in [5.74, 6) is 0. The van der Waals surface area contributed by atoms with E-state index < -0.39 is 0 Å². The number of hydrogen-bond donors (Lipinski definition) is 2. The fraction of sp³-hybridized carbons (Fsp3) is 0.556. The van der Waals surface area contributed by atoms with E-state index in [0.717, 1.165) is 45.8 Å². The molecule has 0 unspecified atom stereocenters. The summed E-state index contributed by atoms with van der Waals surface area (Å²) in [6, 6.07) is 7.21. The van der Waals surface area contributed by atoms with Gasteiger partial charge in [0, 0.05) is 42.3 Å². The number of rotatable bonds is 3. The number of fused-ring (bicyclic) bond motifs is 3. The average Bonchev–Trinajstić information content (AvgIpc) is 2.92. The maximum absolute atomic E-state index is 5.44. The molecule has 4 heteroatoms. The topological polar surface area (TPSA) is 40.3 Å². The van der Waals surface area contributed by atoms with E-state index in [0.29, 0.717) is 6.04 Å². The molecule has 4 rings (SSSR count). The van der Waals surface area contributed by atoms with E-state index in [1.807, 2.05) is 0 Å². The second-order valence-corrected chi connectivity index (χ2v) is 6.57. The van der Waals surface area contributed by atoms with Gasteiger partial charge in [-0.2, -0.15) is 0 Å². The smallest absolute Gasteiger partial charge is 0.0594 e. The van der Waals surface area contributed by atoms with Crippen molar-refractivity contribution in [2.24, 2.45) is 0 Å². The van der Waals surface area contributed by atoms with Gasteiger partial charge in [-0.05, 0) is 44.0 Å². The van der Waals surface area contributed by atoms with Crippen LogP contribution in [0, 0.1) is 6.92 Å². The Hall–Kier alpha value is -1.36. The number of benzene rings is 1. The standard InChI is InChI=1S/C18H25N3O/c1-13-2-3-16-15(12-13)14-4-6-19-17(18(14)20-16)5-7-21-8-10-22-11-9-21/h2-3,12,17,19-20H,4-11H2,1H3/t17-/m1/s1. The van der Waals surface area contributed by atoms with Crippen molar-refractivity contribution in [3.05, 3.63) is 35.0 Å². The SMILES string of the molecule is Cc1ccc2[nH]c3c(c2c1)CCN[C@@H]3CCN1CCOCC1. The number of ether oxygens (including phenoxy) is 1. The predicted molar refractivity (Wildman–Crippen MR) is 89.4 cm³/mol. The van der Waals surface area contributed by atoms with Gasteiger partial charge < -0.3 is 15.0 Å². The number of nitrogens with one attached hydrogen (secondary N) is 2. The van der Waals surface area contributed by atoms with Crippen LogP contribution in [0.1, 0.15) is 29.3 Å². The molecule has 1 saturated heterocycles. The minimum Gasteiger partial charge on any atom is -0.379 e. The second-order valence-electron chi connectivity index (χ2n) is 6.57. The Morgan fingerprint density at radius 1 is 1.27 bits per heavy atom. The zero-order valence-corrected chi connectivity index (χ0v) is 13.3. The highest BCUT2D eigenvalue weighted by molar-refractivity contribution is 5.85. The fourth-order valence-electron chi connectivity index (χ4n) is 3.81. The van der Waals surface area contributed by atoms with Crippen molar-refractivity contribution < 1.29 is 4.74 Å². The van der Waals surface area contributed by atoms with Crippen molar-refractivity contribution in [1.29, 1.82) is 0 Å². The number of H-pyrrole nitrogens is 1. The number of aromatic nitrogens is 1. The van der Waals surface area contributed by atoms with E-state index in [4.69, 9.17) is 4.74 Å². The van der Waals surface area contributed by atoms with Crippen LogP contribution >= 0.6 is 0 Å². The normalized spacial score (nSPS) is 22.9. The lowest BCUT2D eigenvalue weighted by atomic mass is 9.96. The molecule has 0 spiro atoms. The molecule has 1 aromatic heterocycles. The van der Waals surface area contributed by atoms with Crippen LogP contribution in [-0.4, -0.2) is 49.3 Å². The molecule has 1 atom stereocenters. The molecule has 2 aliphatic heterocycles. The van der Waals surface area contributed by atoms with Crippen molar-refractivity contribution in [3.63, 3.8) is 0 Å². The molecular weight excluding hydrogens is 274 g/mol. The van der Waals surface area contributed by atoms with Crippen LogP contribution in [0.2, 0.25) is 0 Å². The van der Waals surface area contributed by atoms with Gasteiger partial charge in [-0.25, -0.2) is 0 Å². The third-order valence-corrected chi connectivity index (χ3v) is 5.05. The lowest BCUT2D eigenvalue weighted by Crippen LogP contribution is -2.39. The van der Waals surface area contributed by atoms with Crippen LogP contribution in [0.4, 0.5) is 0 Å². The Bertz CT molecular complexity index is 658. The van der Waals surface area contributed by atoms with Gasteiger partial charge in [0.25, 0.3) is 0 Å². The third-order valence-electron chi connectivity index (χ3n) is 5.05. The van der Waals surface area contributed by atoms with E-state index in [1.165, 1.54) is 34.1 Å². The number of aromatic amines is 1. The fourth-order valence-corrected chi connectivity index (χ4v) is 3.81. The number of hydrogen-bond acceptors (Lipinski definition) is 3. The molecule has 118 valence electrons. The largest absolute Gasteiger partial charge is 0.379 e. The average molecular weight is 299 g/mol. The zero-order valence-electron chi connectivity index (χ0n) is 13.3. The van der Waals surface area contributed by atoms with Crippen molar-refractivity contribution in [2.45, 2.75) is 25.8 Å². The van der Waals surface area contributed by atoms with E-state index >= 15 is 0 Å². The molecule has 0 radical (unpaired) electrons. The molecule has 3 heterocycles. The van der Waals surface area contributed by atoms with Crippen molar-refractivity contribution in [1.82, 2.24) is 15.2 Å². The first-order valence-corrected chi connectivity index (χ1v) is 8.46. The minimum atomic E-state index is 0.458. The van der Waals surface area contributed by atoms with Crippen molar-refractivity contribution in [3.8, 4) is 0 Å². The minimum absolute atomic E-state index is 0.458. The summed E-state index contributed by atoms with van der Waals surface area (Å²) in [7, 11) is 0. The Morgan fingerprint density at radius 3 is 3.00 bits per heavy atom. The molecule has 1 aromatic carbocycles. The van der Waals surface area contributed by atoms with E-state index in [-0.39, 0.29) is 0 Å². The van der Waals surface area contributed by atoms with Gasteiger partial charge in [0.2, 0.25) is 0 Å². The summed E-state index contributed by atoms with van der Waals surface area (Å²) in [5.41, 5.74) is 5.58. The monoisotopic (exact) mass is 299 g/mol. The van der Waals surface area contributed by atoms with Crippen LogP contribution < -0.4 is 5.32 Å². The summed E-state index contributed by atoms with van der Waals surface area (Å²) in [6.07, 6.45) is 2.30. The van der Waals surface area contributed by atoms with Gasteiger partial charge in [0.1, 0.15) is 0 Å². The lowest BCUT2D eigenvalue weighted by Gasteiger charge is -2.30. The molecule has 1 fully saturated rings. The third kappa shape index (κ3) is 2.67. The Morgan fingerprint density at radius 2 is 2.14 bits per heavy atom. The summed E-state index contributed by atoms with van der Waals surface area (Å²) in [6.45, 7) is 8.33. The molecular formula is C18H25N3O. The Kier molecular flexibility index (Phi) is 3.90. The second kappa shape index (κ2) is 6.03. The highest BCUT2D eigenvalue weighted by Crippen LogP contribution is 2.32. The van der Waals surface area contributed by atoms with Gasteiger partial charge in [-0.15, -0.1) is 0 Å². The van der Waals surface area contributed by atoms with Crippen molar-refractivity contribution in [2.75, 3.05) is 39.4 Å².